The van der Waals surface area contributed by atoms with Crippen molar-refractivity contribution in [2.24, 2.45) is 4.99 Å². The van der Waals surface area contributed by atoms with Gasteiger partial charge in [-0.1, -0.05) is 13.2 Å². The molecular formula is C10H11N3. The minimum absolute atomic E-state index is 0.727. The number of aryl methyl sites for hydroxylation is 1. The molecule has 0 aromatic carbocycles. The first-order valence-electron chi connectivity index (χ1n) is 3.87. The van der Waals surface area contributed by atoms with Crippen molar-refractivity contribution in [3.05, 3.63) is 43.1 Å². The van der Waals surface area contributed by atoms with Crippen molar-refractivity contribution < 1.29 is 0 Å². The number of hydrogen-bond donors (Lipinski definition) is 0. The van der Waals surface area contributed by atoms with Gasteiger partial charge in [-0.15, -0.1) is 0 Å². The fraction of sp³-hybridized carbons (Fsp3) is 0.100. The lowest BCUT2D eigenvalue weighted by molar-refractivity contribution is 1.04. The zero-order valence-electron chi connectivity index (χ0n) is 7.57. The van der Waals surface area contributed by atoms with E-state index >= 15 is 0 Å². The van der Waals surface area contributed by atoms with Crippen LogP contribution in [0.3, 0.4) is 0 Å². The molecule has 0 bridgehead atoms. The molecule has 1 aromatic heterocycles. The van der Waals surface area contributed by atoms with E-state index in [9.17, 15) is 0 Å². The number of rotatable bonds is 3. The third kappa shape index (κ3) is 2.63. The highest BCUT2D eigenvalue weighted by Gasteiger charge is 1.96. The molecule has 0 radical (unpaired) electrons. The van der Waals surface area contributed by atoms with Crippen LogP contribution in [0.1, 0.15) is 11.5 Å². The molecule has 0 amide bonds. The van der Waals surface area contributed by atoms with Crippen LogP contribution in [0.25, 0.3) is 5.57 Å². The summed E-state index contributed by atoms with van der Waals surface area (Å²) in [7, 11) is 0. The average Bonchev–Trinajstić information content (AvgIpc) is 2.14. The summed E-state index contributed by atoms with van der Waals surface area (Å²) >= 11 is 0. The molecule has 0 unspecified atom stereocenters. The van der Waals surface area contributed by atoms with Gasteiger partial charge in [0.1, 0.15) is 5.82 Å². The number of aromatic nitrogens is 2. The monoisotopic (exact) mass is 173 g/mol. The van der Waals surface area contributed by atoms with Crippen LogP contribution in [0.2, 0.25) is 0 Å². The highest BCUT2D eigenvalue weighted by atomic mass is 14.9. The van der Waals surface area contributed by atoms with Crippen LogP contribution in [0.4, 0.5) is 0 Å². The van der Waals surface area contributed by atoms with Gasteiger partial charge in [-0.25, -0.2) is 9.97 Å². The van der Waals surface area contributed by atoms with Gasteiger partial charge in [0.25, 0.3) is 0 Å². The molecule has 0 N–H and O–H groups in total. The van der Waals surface area contributed by atoms with Gasteiger partial charge in [-0.05, 0) is 13.0 Å². The van der Waals surface area contributed by atoms with E-state index in [4.69, 9.17) is 0 Å². The third-order valence-electron chi connectivity index (χ3n) is 1.44. The van der Waals surface area contributed by atoms with Gasteiger partial charge in [0.05, 0.1) is 5.69 Å². The molecule has 0 saturated heterocycles. The Labute approximate surface area is 77.6 Å². The fourth-order valence-corrected chi connectivity index (χ4v) is 0.844. The van der Waals surface area contributed by atoms with E-state index in [1.54, 1.807) is 18.5 Å². The molecule has 0 spiro atoms. The summed E-state index contributed by atoms with van der Waals surface area (Å²) in [6.45, 7) is 9.12. The van der Waals surface area contributed by atoms with Crippen molar-refractivity contribution >= 4 is 11.8 Å². The Morgan fingerprint density at radius 3 is 3.00 bits per heavy atom. The van der Waals surface area contributed by atoms with E-state index in [0.717, 1.165) is 17.1 Å². The molecule has 0 aliphatic heterocycles. The van der Waals surface area contributed by atoms with Crippen molar-refractivity contribution in [1.29, 1.82) is 0 Å². The maximum atomic E-state index is 4.19. The molecule has 1 rings (SSSR count). The summed E-state index contributed by atoms with van der Waals surface area (Å²) in [6.07, 6.45) is 4.78. The molecule has 0 atom stereocenters. The van der Waals surface area contributed by atoms with E-state index in [-0.39, 0.29) is 0 Å². The van der Waals surface area contributed by atoms with Crippen LogP contribution >= 0.6 is 0 Å². The molecule has 3 heteroatoms. The van der Waals surface area contributed by atoms with Gasteiger partial charge in [-0.3, -0.25) is 4.99 Å². The Kier molecular flexibility index (Phi) is 3.09. The van der Waals surface area contributed by atoms with Gasteiger partial charge in [0.15, 0.2) is 0 Å². The number of hydrogen-bond acceptors (Lipinski definition) is 3. The molecule has 0 saturated carbocycles. The molecule has 13 heavy (non-hydrogen) atoms. The molecule has 0 aliphatic carbocycles. The number of allylic oxidation sites excluding steroid dienone is 1. The minimum Gasteiger partial charge on any atom is -0.265 e. The fourth-order valence-electron chi connectivity index (χ4n) is 0.844. The van der Waals surface area contributed by atoms with Crippen molar-refractivity contribution in [3.63, 3.8) is 0 Å². The van der Waals surface area contributed by atoms with Gasteiger partial charge in [0.2, 0.25) is 0 Å². The highest BCUT2D eigenvalue weighted by Crippen LogP contribution is 2.05. The second-order valence-corrected chi connectivity index (χ2v) is 2.48. The number of aliphatic imine (C=N–C) groups is 1. The Bertz CT molecular complexity index is 353. The first-order chi connectivity index (χ1) is 6.24. The van der Waals surface area contributed by atoms with Gasteiger partial charge in [0, 0.05) is 24.2 Å². The molecule has 1 aromatic rings. The van der Waals surface area contributed by atoms with Crippen LogP contribution in [-0.2, 0) is 0 Å². The lowest BCUT2D eigenvalue weighted by Crippen LogP contribution is -1.93. The van der Waals surface area contributed by atoms with Crippen LogP contribution in [-0.4, -0.2) is 16.2 Å². The van der Waals surface area contributed by atoms with E-state index in [1.165, 1.54) is 6.20 Å². The maximum absolute atomic E-state index is 4.19. The largest absolute Gasteiger partial charge is 0.265 e. The lowest BCUT2D eigenvalue weighted by atomic mass is 10.2. The summed E-state index contributed by atoms with van der Waals surface area (Å²) in [5, 5.41) is 0. The quantitative estimate of drug-likeness (QED) is 0.656. The van der Waals surface area contributed by atoms with Crippen molar-refractivity contribution in [2.75, 3.05) is 0 Å². The second-order valence-electron chi connectivity index (χ2n) is 2.48. The van der Waals surface area contributed by atoms with Crippen LogP contribution in [0.5, 0.6) is 0 Å². The van der Waals surface area contributed by atoms with Gasteiger partial charge >= 0.3 is 0 Å². The lowest BCUT2D eigenvalue weighted by Gasteiger charge is -1.98. The summed E-state index contributed by atoms with van der Waals surface area (Å²) in [6, 6.07) is 1.80. The maximum Gasteiger partial charge on any atom is 0.125 e. The van der Waals surface area contributed by atoms with E-state index in [2.05, 4.69) is 28.1 Å². The van der Waals surface area contributed by atoms with Crippen molar-refractivity contribution in [1.82, 2.24) is 9.97 Å². The predicted molar refractivity (Wildman–Crippen MR) is 54.5 cm³/mol. The Balaban J connectivity index is 2.89. The number of nitrogens with zero attached hydrogens (tertiary/aromatic N) is 3. The van der Waals surface area contributed by atoms with E-state index < -0.39 is 0 Å². The van der Waals surface area contributed by atoms with E-state index in [1.807, 2.05) is 6.92 Å². The molecule has 1 heterocycles. The van der Waals surface area contributed by atoms with Gasteiger partial charge in [-0.2, -0.15) is 0 Å². The molecule has 0 fully saturated rings. The SMILES string of the molecule is C=CN=CC(=C)c1ccnc(C)n1. The smallest absolute Gasteiger partial charge is 0.125 e. The molecule has 3 nitrogen and oxygen atoms in total. The molecular weight excluding hydrogens is 162 g/mol. The highest BCUT2D eigenvalue weighted by molar-refractivity contribution is 6.08. The van der Waals surface area contributed by atoms with Crippen LogP contribution < -0.4 is 0 Å². The van der Waals surface area contributed by atoms with Crippen LogP contribution in [0.15, 0.2) is 36.6 Å². The minimum atomic E-state index is 0.727. The Hall–Kier alpha value is -1.77. The first-order valence-corrected chi connectivity index (χ1v) is 3.87. The first kappa shape index (κ1) is 9.32. The summed E-state index contributed by atoms with van der Waals surface area (Å²) in [4.78, 5) is 12.0. The topological polar surface area (TPSA) is 38.1 Å². The second kappa shape index (κ2) is 4.30. The molecule has 0 aliphatic rings. The van der Waals surface area contributed by atoms with Gasteiger partial charge < -0.3 is 0 Å². The zero-order valence-corrected chi connectivity index (χ0v) is 7.57. The molecule has 66 valence electrons. The zero-order chi connectivity index (χ0) is 9.68. The summed E-state index contributed by atoms with van der Waals surface area (Å²) in [5.41, 5.74) is 1.54. The van der Waals surface area contributed by atoms with Crippen molar-refractivity contribution in [2.45, 2.75) is 6.92 Å². The summed E-state index contributed by atoms with van der Waals surface area (Å²) in [5.74, 6) is 0.727. The third-order valence-corrected chi connectivity index (χ3v) is 1.44. The Morgan fingerprint density at radius 1 is 1.62 bits per heavy atom. The van der Waals surface area contributed by atoms with Crippen LogP contribution in [0, 0.1) is 6.92 Å². The van der Waals surface area contributed by atoms with E-state index in [0.29, 0.717) is 0 Å². The normalized spacial score (nSPS) is 10.2. The van der Waals surface area contributed by atoms with Crippen molar-refractivity contribution in [3.8, 4) is 0 Å². The summed E-state index contributed by atoms with van der Waals surface area (Å²) < 4.78 is 0. The average molecular weight is 173 g/mol. The standard InChI is InChI=1S/C10H11N3/c1-4-11-7-8(2)10-5-6-12-9(3)13-10/h4-7H,1-2H2,3H3. The predicted octanol–water partition coefficient (Wildman–Crippen LogP) is 2.01. The Morgan fingerprint density at radius 2 is 2.38 bits per heavy atom.